The topological polar surface area (TPSA) is 53.9 Å². The van der Waals surface area contributed by atoms with Gasteiger partial charge in [0.25, 0.3) is 5.91 Å². The zero-order chi connectivity index (χ0) is 21.7. The van der Waals surface area contributed by atoms with Crippen molar-refractivity contribution in [3.63, 3.8) is 0 Å². The molecule has 30 heavy (non-hydrogen) atoms. The van der Waals surface area contributed by atoms with Gasteiger partial charge in [-0.15, -0.1) is 0 Å². The van der Waals surface area contributed by atoms with Crippen LogP contribution in [0.1, 0.15) is 56.0 Å². The molecule has 5 heteroatoms. The van der Waals surface area contributed by atoms with Gasteiger partial charge in [-0.25, -0.2) is 0 Å². The Balaban J connectivity index is 1.58. The molecule has 2 aromatic carbocycles. The van der Waals surface area contributed by atoms with Gasteiger partial charge in [0.15, 0.2) is 11.8 Å². The molecule has 3 rings (SSSR count). The van der Waals surface area contributed by atoms with Gasteiger partial charge >= 0.3 is 0 Å². The van der Waals surface area contributed by atoms with Gasteiger partial charge in [0.1, 0.15) is 0 Å². The van der Waals surface area contributed by atoms with E-state index in [0.29, 0.717) is 5.92 Å². The molecule has 1 heterocycles. The summed E-state index contributed by atoms with van der Waals surface area (Å²) in [6.45, 7) is 11.6. The lowest BCUT2D eigenvalue weighted by molar-refractivity contribution is -0.914. The fraction of sp³-hybridized carbons (Fsp3) is 0.440. The molecule has 1 saturated heterocycles. The first-order valence-corrected chi connectivity index (χ1v) is 11.0. The van der Waals surface area contributed by atoms with Crippen LogP contribution in [0.4, 0.5) is 11.4 Å². The average molecular weight is 409 g/mol. The number of hydrogen-bond donors (Lipinski definition) is 2. The lowest BCUT2D eigenvalue weighted by atomic mass is 9.97. The van der Waals surface area contributed by atoms with Gasteiger partial charge in [0.05, 0.1) is 26.2 Å². The molecule has 0 spiro atoms. The summed E-state index contributed by atoms with van der Waals surface area (Å²) in [5.74, 6) is 0.590. The molecule has 5 nitrogen and oxygen atoms in total. The van der Waals surface area contributed by atoms with Crippen molar-refractivity contribution in [3.05, 3.63) is 59.7 Å². The maximum absolute atomic E-state index is 13.0. The first kappa shape index (κ1) is 22.0. The number of piperazine rings is 1. The van der Waals surface area contributed by atoms with Crippen LogP contribution in [0, 0.1) is 0 Å². The van der Waals surface area contributed by atoms with Crippen molar-refractivity contribution < 1.29 is 14.5 Å². The van der Waals surface area contributed by atoms with Crippen LogP contribution < -0.4 is 15.1 Å². The van der Waals surface area contributed by atoms with E-state index in [1.54, 1.807) is 6.92 Å². The third-order valence-electron chi connectivity index (χ3n) is 6.41. The Morgan fingerprint density at radius 2 is 1.67 bits per heavy atom. The van der Waals surface area contributed by atoms with Crippen LogP contribution in [0.15, 0.2) is 48.5 Å². The summed E-state index contributed by atoms with van der Waals surface area (Å²) in [7, 11) is 0. The molecule has 0 bridgehead atoms. The van der Waals surface area contributed by atoms with Crippen LogP contribution in [0.25, 0.3) is 0 Å². The summed E-state index contributed by atoms with van der Waals surface area (Å²) < 4.78 is 0. The van der Waals surface area contributed by atoms with Crippen molar-refractivity contribution in [2.75, 3.05) is 36.4 Å². The monoisotopic (exact) mass is 408 g/mol. The third kappa shape index (κ3) is 5.08. The molecule has 0 unspecified atom stereocenters. The van der Waals surface area contributed by atoms with Gasteiger partial charge in [-0.05, 0) is 62.1 Å². The number of quaternary nitrogens is 1. The van der Waals surface area contributed by atoms with Crippen molar-refractivity contribution in [1.82, 2.24) is 0 Å². The predicted octanol–water partition coefficient (Wildman–Crippen LogP) is 3.13. The van der Waals surface area contributed by atoms with Crippen LogP contribution in [0.3, 0.4) is 0 Å². The molecular weight excluding hydrogens is 374 g/mol. The number of carbonyl (C=O) groups excluding carboxylic acids is 2. The maximum Gasteiger partial charge on any atom is 0.282 e. The average Bonchev–Trinajstić information content (AvgIpc) is 2.78. The van der Waals surface area contributed by atoms with Gasteiger partial charge < -0.3 is 15.1 Å². The molecule has 2 aromatic rings. The fourth-order valence-electron chi connectivity index (χ4n) is 4.08. The number of nitrogens with one attached hydrogen (secondary N) is 2. The highest BCUT2D eigenvalue weighted by molar-refractivity contribution is 5.95. The van der Waals surface area contributed by atoms with E-state index in [4.69, 9.17) is 0 Å². The summed E-state index contributed by atoms with van der Waals surface area (Å²) in [5.41, 5.74) is 4.02. The molecule has 1 aliphatic heterocycles. The minimum Gasteiger partial charge on any atom is -0.360 e. The van der Waals surface area contributed by atoms with Gasteiger partial charge in [-0.2, -0.15) is 0 Å². The van der Waals surface area contributed by atoms with Crippen molar-refractivity contribution in [2.45, 2.75) is 46.1 Å². The van der Waals surface area contributed by atoms with Crippen LogP contribution in [-0.4, -0.2) is 43.9 Å². The highest BCUT2D eigenvalue weighted by atomic mass is 16.2. The molecule has 0 saturated carbocycles. The van der Waals surface area contributed by atoms with Gasteiger partial charge in [-0.3, -0.25) is 9.59 Å². The zero-order valence-electron chi connectivity index (χ0n) is 18.6. The second kappa shape index (κ2) is 9.90. The lowest BCUT2D eigenvalue weighted by Gasteiger charge is -2.36. The van der Waals surface area contributed by atoms with Crippen molar-refractivity contribution in [1.29, 1.82) is 0 Å². The van der Waals surface area contributed by atoms with Crippen molar-refractivity contribution >= 4 is 23.1 Å². The number of hydrogen-bond acceptors (Lipinski definition) is 3. The summed E-state index contributed by atoms with van der Waals surface area (Å²) in [6.07, 6.45) is 1.04. The van der Waals surface area contributed by atoms with Crippen LogP contribution in [0.2, 0.25) is 0 Å². The standard InChI is InChI=1S/C25H33N3O2/c1-5-18(2)23-8-6-7-9-24(23)26-25(30)19(3)27-14-16-28(17-15-27)22-12-10-21(11-13-22)20(4)29/h6-13,18-19H,5,14-17H2,1-4H3,(H,26,30)/p+1/t18-,19+/m1/s1. The number of rotatable bonds is 7. The van der Waals surface area contributed by atoms with E-state index >= 15 is 0 Å². The Labute approximate surface area is 180 Å². The minimum atomic E-state index is -0.0998. The number of benzene rings is 2. The molecule has 1 amide bonds. The molecule has 160 valence electrons. The summed E-state index contributed by atoms with van der Waals surface area (Å²) in [5, 5.41) is 3.18. The van der Waals surface area contributed by atoms with E-state index in [1.807, 2.05) is 49.4 Å². The van der Waals surface area contributed by atoms with E-state index in [0.717, 1.165) is 49.5 Å². The molecule has 1 aliphatic rings. The molecular formula is C25H34N3O2+. The lowest BCUT2D eigenvalue weighted by Crippen LogP contribution is -3.19. The third-order valence-corrected chi connectivity index (χ3v) is 6.41. The SMILES string of the molecule is CC[C@@H](C)c1ccccc1NC(=O)[C@H](C)[NH+]1CCN(c2ccc(C(C)=O)cc2)CC1. The Morgan fingerprint density at radius 1 is 1.03 bits per heavy atom. The Hall–Kier alpha value is -2.66. The zero-order valence-corrected chi connectivity index (χ0v) is 18.6. The van der Waals surface area contributed by atoms with E-state index in [1.165, 1.54) is 10.5 Å². The molecule has 0 radical (unpaired) electrons. The molecule has 0 aromatic heterocycles. The summed E-state index contributed by atoms with van der Waals surface area (Å²) in [4.78, 5) is 28.1. The van der Waals surface area contributed by atoms with Gasteiger partial charge in [0.2, 0.25) is 0 Å². The van der Waals surface area contributed by atoms with Crippen LogP contribution in [-0.2, 0) is 4.79 Å². The van der Waals surface area contributed by atoms with E-state index in [-0.39, 0.29) is 17.7 Å². The Bertz CT molecular complexity index is 870. The first-order valence-electron chi connectivity index (χ1n) is 11.0. The van der Waals surface area contributed by atoms with Crippen molar-refractivity contribution in [2.24, 2.45) is 0 Å². The number of para-hydroxylation sites is 1. The molecule has 2 N–H and O–H groups in total. The van der Waals surface area contributed by atoms with Crippen molar-refractivity contribution in [3.8, 4) is 0 Å². The van der Waals surface area contributed by atoms with E-state index < -0.39 is 0 Å². The highest BCUT2D eigenvalue weighted by Gasteiger charge is 2.29. The number of carbonyl (C=O) groups is 2. The summed E-state index contributed by atoms with van der Waals surface area (Å²) >= 11 is 0. The quantitative estimate of drug-likeness (QED) is 0.692. The van der Waals surface area contributed by atoms with Gasteiger partial charge in [-0.1, -0.05) is 32.0 Å². The molecule has 0 aliphatic carbocycles. The number of anilines is 2. The van der Waals surface area contributed by atoms with E-state index in [2.05, 4.69) is 30.1 Å². The van der Waals surface area contributed by atoms with E-state index in [9.17, 15) is 9.59 Å². The Kier molecular flexibility index (Phi) is 7.27. The number of amides is 1. The predicted molar refractivity (Wildman–Crippen MR) is 123 cm³/mol. The molecule has 2 atom stereocenters. The normalized spacial score (nSPS) is 16.7. The second-order valence-corrected chi connectivity index (χ2v) is 8.36. The maximum atomic E-state index is 13.0. The number of ketones is 1. The molecule has 1 fully saturated rings. The largest absolute Gasteiger partial charge is 0.360 e. The number of Topliss-reactive ketones (excluding diaryl/α,β-unsaturated/α-hetero) is 1. The summed E-state index contributed by atoms with van der Waals surface area (Å²) in [6, 6.07) is 15.8. The smallest absolute Gasteiger partial charge is 0.282 e. The fourth-order valence-corrected chi connectivity index (χ4v) is 4.08. The van der Waals surface area contributed by atoms with Crippen LogP contribution >= 0.6 is 0 Å². The minimum absolute atomic E-state index is 0.0833. The Morgan fingerprint density at radius 3 is 2.27 bits per heavy atom. The van der Waals surface area contributed by atoms with Crippen LogP contribution in [0.5, 0.6) is 0 Å². The number of nitrogens with zero attached hydrogens (tertiary/aromatic N) is 1. The highest BCUT2D eigenvalue weighted by Crippen LogP contribution is 2.26. The van der Waals surface area contributed by atoms with Gasteiger partial charge in [0, 0.05) is 16.9 Å². The second-order valence-electron chi connectivity index (χ2n) is 8.36. The first-order chi connectivity index (χ1) is 14.4.